The molecule has 2 aromatic carbocycles. The van der Waals surface area contributed by atoms with Crippen LogP contribution in [0.25, 0.3) is 10.8 Å². The summed E-state index contributed by atoms with van der Waals surface area (Å²) in [5.41, 5.74) is 0.675. The first-order chi connectivity index (χ1) is 10.8. The van der Waals surface area contributed by atoms with Gasteiger partial charge in [-0.15, -0.1) is 0 Å². The molecule has 1 atom stereocenters. The van der Waals surface area contributed by atoms with Gasteiger partial charge in [0.1, 0.15) is 0 Å². The van der Waals surface area contributed by atoms with Gasteiger partial charge in [-0.3, -0.25) is 4.79 Å². The molecule has 0 aliphatic heterocycles. The third kappa shape index (κ3) is 3.30. The molecule has 1 saturated carbocycles. The van der Waals surface area contributed by atoms with E-state index in [0.717, 1.165) is 23.6 Å². The summed E-state index contributed by atoms with van der Waals surface area (Å²) in [5, 5.41) is 15.2. The van der Waals surface area contributed by atoms with E-state index in [9.17, 15) is 9.90 Å². The van der Waals surface area contributed by atoms with Crippen LogP contribution in [-0.4, -0.2) is 23.7 Å². The maximum Gasteiger partial charge on any atom is 0.252 e. The molecule has 2 aromatic rings. The van der Waals surface area contributed by atoms with E-state index in [1.807, 2.05) is 42.5 Å². The van der Waals surface area contributed by atoms with Gasteiger partial charge in [0.2, 0.25) is 0 Å². The summed E-state index contributed by atoms with van der Waals surface area (Å²) in [6.07, 6.45) is 5.37. The Morgan fingerprint density at radius 2 is 1.82 bits per heavy atom. The number of rotatable bonds is 4. The Bertz CT molecular complexity index is 641. The summed E-state index contributed by atoms with van der Waals surface area (Å²) < 4.78 is 0. The molecule has 3 nitrogen and oxygen atoms in total. The highest BCUT2D eigenvalue weighted by Gasteiger charge is 2.22. The van der Waals surface area contributed by atoms with Crippen molar-refractivity contribution in [1.29, 1.82) is 0 Å². The molecule has 1 aliphatic rings. The van der Waals surface area contributed by atoms with Crippen molar-refractivity contribution in [2.24, 2.45) is 5.92 Å². The number of hydrogen-bond donors (Lipinski definition) is 2. The number of benzene rings is 2. The topological polar surface area (TPSA) is 49.3 Å². The normalized spacial score (nSPS) is 17.3. The Morgan fingerprint density at radius 3 is 2.64 bits per heavy atom. The van der Waals surface area contributed by atoms with Gasteiger partial charge in [-0.05, 0) is 35.6 Å². The minimum Gasteiger partial charge on any atom is -0.391 e. The SMILES string of the molecule is O=C(NC[C@@H](O)C1CCCCC1)c1cccc2ccccc12. The van der Waals surface area contributed by atoms with Crippen molar-refractivity contribution < 1.29 is 9.90 Å². The minimum atomic E-state index is -0.431. The van der Waals surface area contributed by atoms with Gasteiger partial charge in [-0.25, -0.2) is 0 Å². The second kappa shape index (κ2) is 6.93. The second-order valence-electron chi connectivity index (χ2n) is 6.20. The number of aliphatic hydroxyl groups excluding tert-OH is 1. The van der Waals surface area contributed by atoms with E-state index in [2.05, 4.69) is 5.32 Å². The predicted molar refractivity (Wildman–Crippen MR) is 88.9 cm³/mol. The molecule has 1 aliphatic carbocycles. The van der Waals surface area contributed by atoms with Gasteiger partial charge in [-0.2, -0.15) is 0 Å². The van der Waals surface area contributed by atoms with Gasteiger partial charge in [0.15, 0.2) is 0 Å². The highest BCUT2D eigenvalue weighted by Crippen LogP contribution is 2.26. The molecule has 0 aromatic heterocycles. The Hall–Kier alpha value is -1.87. The van der Waals surface area contributed by atoms with Gasteiger partial charge in [0.25, 0.3) is 5.91 Å². The zero-order valence-electron chi connectivity index (χ0n) is 12.8. The average Bonchev–Trinajstić information content (AvgIpc) is 2.59. The van der Waals surface area contributed by atoms with Crippen LogP contribution in [0.1, 0.15) is 42.5 Å². The number of carbonyl (C=O) groups is 1. The minimum absolute atomic E-state index is 0.105. The zero-order valence-corrected chi connectivity index (χ0v) is 12.8. The lowest BCUT2D eigenvalue weighted by Gasteiger charge is -2.26. The van der Waals surface area contributed by atoms with Crippen molar-refractivity contribution in [3.8, 4) is 0 Å². The Labute approximate surface area is 131 Å². The van der Waals surface area contributed by atoms with Crippen LogP contribution in [0, 0.1) is 5.92 Å². The van der Waals surface area contributed by atoms with Crippen LogP contribution in [-0.2, 0) is 0 Å². The van der Waals surface area contributed by atoms with E-state index in [-0.39, 0.29) is 5.91 Å². The first kappa shape index (κ1) is 15.0. The van der Waals surface area contributed by atoms with Crippen molar-refractivity contribution in [2.45, 2.75) is 38.2 Å². The van der Waals surface area contributed by atoms with E-state index < -0.39 is 6.10 Å². The fraction of sp³-hybridized carbons (Fsp3) is 0.421. The van der Waals surface area contributed by atoms with Gasteiger partial charge < -0.3 is 10.4 Å². The molecule has 1 amide bonds. The number of aliphatic hydroxyl groups is 1. The zero-order chi connectivity index (χ0) is 15.4. The quantitative estimate of drug-likeness (QED) is 0.907. The third-order valence-electron chi connectivity index (χ3n) is 4.70. The first-order valence-electron chi connectivity index (χ1n) is 8.20. The van der Waals surface area contributed by atoms with E-state index in [0.29, 0.717) is 18.0 Å². The highest BCUT2D eigenvalue weighted by molar-refractivity contribution is 6.06. The van der Waals surface area contributed by atoms with E-state index in [1.54, 1.807) is 0 Å². The smallest absolute Gasteiger partial charge is 0.252 e. The van der Waals surface area contributed by atoms with Crippen LogP contribution < -0.4 is 5.32 Å². The molecule has 0 unspecified atom stereocenters. The van der Waals surface area contributed by atoms with E-state index in [4.69, 9.17) is 0 Å². The Balaban J connectivity index is 1.66. The summed E-state index contributed by atoms with van der Waals surface area (Å²) in [7, 11) is 0. The van der Waals surface area contributed by atoms with Crippen LogP contribution in [0.2, 0.25) is 0 Å². The summed E-state index contributed by atoms with van der Waals surface area (Å²) in [5.74, 6) is 0.230. The number of amides is 1. The van der Waals surface area contributed by atoms with Crippen molar-refractivity contribution >= 4 is 16.7 Å². The molecule has 0 saturated heterocycles. The van der Waals surface area contributed by atoms with Gasteiger partial charge >= 0.3 is 0 Å². The van der Waals surface area contributed by atoms with Crippen molar-refractivity contribution in [2.75, 3.05) is 6.54 Å². The lowest BCUT2D eigenvalue weighted by Crippen LogP contribution is -2.37. The molecule has 3 heteroatoms. The van der Waals surface area contributed by atoms with Crippen LogP contribution in [0.15, 0.2) is 42.5 Å². The summed E-state index contributed by atoms with van der Waals surface area (Å²) in [6, 6.07) is 13.6. The molecule has 0 spiro atoms. The molecule has 3 rings (SSSR count). The van der Waals surface area contributed by atoms with E-state index >= 15 is 0 Å². The molecule has 0 heterocycles. The summed E-state index contributed by atoms with van der Waals surface area (Å²) in [4.78, 5) is 12.4. The van der Waals surface area contributed by atoms with Crippen LogP contribution in [0.4, 0.5) is 0 Å². The van der Waals surface area contributed by atoms with Crippen LogP contribution in [0.5, 0.6) is 0 Å². The molecule has 0 radical (unpaired) electrons. The largest absolute Gasteiger partial charge is 0.391 e. The highest BCUT2D eigenvalue weighted by atomic mass is 16.3. The lowest BCUT2D eigenvalue weighted by atomic mass is 9.85. The molecule has 116 valence electrons. The average molecular weight is 297 g/mol. The maximum atomic E-state index is 12.4. The van der Waals surface area contributed by atoms with Crippen LogP contribution in [0.3, 0.4) is 0 Å². The van der Waals surface area contributed by atoms with Gasteiger partial charge in [-0.1, -0.05) is 55.7 Å². The van der Waals surface area contributed by atoms with Crippen LogP contribution >= 0.6 is 0 Å². The monoisotopic (exact) mass is 297 g/mol. The van der Waals surface area contributed by atoms with Crippen molar-refractivity contribution in [1.82, 2.24) is 5.32 Å². The predicted octanol–water partition coefficient (Wildman–Crippen LogP) is 3.51. The molecule has 22 heavy (non-hydrogen) atoms. The lowest BCUT2D eigenvalue weighted by molar-refractivity contribution is 0.0739. The Morgan fingerprint density at radius 1 is 1.09 bits per heavy atom. The summed E-state index contributed by atoms with van der Waals surface area (Å²) >= 11 is 0. The first-order valence-corrected chi connectivity index (χ1v) is 8.20. The molecular weight excluding hydrogens is 274 g/mol. The molecule has 2 N–H and O–H groups in total. The number of nitrogens with one attached hydrogen (secondary N) is 1. The molecular formula is C19H23NO2. The number of carbonyl (C=O) groups excluding carboxylic acids is 1. The third-order valence-corrected chi connectivity index (χ3v) is 4.70. The molecule has 0 bridgehead atoms. The summed E-state index contributed by atoms with van der Waals surface area (Å²) in [6.45, 7) is 0.340. The van der Waals surface area contributed by atoms with Crippen molar-refractivity contribution in [3.63, 3.8) is 0 Å². The maximum absolute atomic E-state index is 12.4. The van der Waals surface area contributed by atoms with Crippen molar-refractivity contribution in [3.05, 3.63) is 48.0 Å². The fourth-order valence-corrected chi connectivity index (χ4v) is 3.40. The fourth-order valence-electron chi connectivity index (χ4n) is 3.40. The van der Waals surface area contributed by atoms with Gasteiger partial charge in [0.05, 0.1) is 6.10 Å². The Kier molecular flexibility index (Phi) is 4.74. The number of hydrogen-bond acceptors (Lipinski definition) is 2. The van der Waals surface area contributed by atoms with E-state index in [1.165, 1.54) is 19.3 Å². The van der Waals surface area contributed by atoms with Gasteiger partial charge in [0, 0.05) is 12.1 Å². The second-order valence-corrected chi connectivity index (χ2v) is 6.20. The number of fused-ring (bicyclic) bond motifs is 1. The molecule has 1 fully saturated rings. The standard InChI is InChI=1S/C19H23NO2/c21-18(15-8-2-1-3-9-15)13-20-19(22)17-12-6-10-14-7-4-5-11-16(14)17/h4-7,10-12,15,18,21H,1-3,8-9,13H2,(H,20,22)/t18-/m1/s1.